The van der Waals surface area contributed by atoms with Crippen LogP contribution in [0.15, 0.2) is 42.6 Å². The van der Waals surface area contributed by atoms with Crippen molar-refractivity contribution in [3.05, 3.63) is 70.4 Å². The van der Waals surface area contributed by atoms with Gasteiger partial charge in [0.2, 0.25) is 5.95 Å². The van der Waals surface area contributed by atoms with Crippen molar-refractivity contribution in [2.24, 2.45) is 0 Å². The summed E-state index contributed by atoms with van der Waals surface area (Å²) in [6.07, 6.45) is -1.45. The number of carbonyl (C=O) groups excluding carboxylic acids is 1. The molecule has 1 fully saturated rings. The van der Waals surface area contributed by atoms with E-state index >= 15 is 0 Å². The summed E-state index contributed by atoms with van der Waals surface area (Å²) in [4.78, 5) is 25.0. The molecule has 1 saturated heterocycles. The molecule has 0 bridgehead atoms. The highest BCUT2D eigenvalue weighted by molar-refractivity contribution is 7.38. The molecule has 5 rings (SSSR count). The summed E-state index contributed by atoms with van der Waals surface area (Å²) in [6, 6.07) is 10.4. The van der Waals surface area contributed by atoms with E-state index in [1.54, 1.807) is 49.2 Å². The molecule has 41 heavy (non-hydrogen) atoms. The third-order valence-electron chi connectivity index (χ3n) is 7.17. The van der Waals surface area contributed by atoms with Crippen molar-refractivity contribution < 1.29 is 27.1 Å². The van der Waals surface area contributed by atoms with Gasteiger partial charge in [-0.25, -0.2) is 4.98 Å². The summed E-state index contributed by atoms with van der Waals surface area (Å²) in [7, 11) is -0.496. The number of alkyl halides is 3. The van der Waals surface area contributed by atoms with Gasteiger partial charge in [0.25, 0.3) is 5.91 Å². The summed E-state index contributed by atoms with van der Waals surface area (Å²) in [6.45, 7) is 5.21. The highest BCUT2D eigenvalue weighted by atomic mass is 31.1. The Bertz CT molecular complexity index is 1450. The van der Waals surface area contributed by atoms with E-state index in [9.17, 15) is 22.5 Å². The Kier molecular flexibility index (Phi) is 8.63. The standard InChI is InChI=1S/C28H32F3N6O3P/c1-3-40-41(39)17-18-6-9-20(10-7-18)33-27-32-14-22(28(29,30)31)25(35-27)34-23-11-8-19(15-37-12-4-5-13-37)21-16-36(2)26(38)24(21)23/h6-11,14,41H,3-5,12-13,15-17H2,1-2H3,(H2,32,33,34,35). The van der Waals surface area contributed by atoms with Crippen LogP contribution in [-0.4, -0.2) is 52.4 Å². The number of fused-ring (bicyclic) bond motifs is 1. The van der Waals surface area contributed by atoms with Crippen LogP contribution in [0.3, 0.4) is 0 Å². The fourth-order valence-corrected chi connectivity index (χ4v) is 6.13. The molecule has 0 spiro atoms. The fourth-order valence-electron chi connectivity index (χ4n) is 5.14. The maximum Gasteiger partial charge on any atom is 0.421 e. The quantitative estimate of drug-likeness (QED) is 0.271. The monoisotopic (exact) mass is 588 g/mol. The molecule has 3 aromatic rings. The van der Waals surface area contributed by atoms with Crippen LogP contribution in [0.1, 0.15) is 52.4 Å². The van der Waals surface area contributed by atoms with Crippen molar-refractivity contribution in [1.82, 2.24) is 19.8 Å². The van der Waals surface area contributed by atoms with Crippen molar-refractivity contribution in [3.63, 3.8) is 0 Å². The number of aromatic nitrogens is 2. The molecule has 13 heteroatoms. The van der Waals surface area contributed by atoms with E-state index < -0.39 is 25.6 Å². The molecule has 2 N–H and O–H groups in total. The van der Waals surface area contributed by atoms with Crippen molar-refractivity contribution in [2.45, 2.75) is 45.2 Å². The second-order valence-electron chi connectivity index (χ2n) is 10.2. The van der Waals surface area contributed by atoms with Crippen LogP contribution >= 0.6 is 8.03 Å². The Morgan fingerprint density at radius 1 is 1.07 bits per heavy atom. The van der Waals surface area contributed by atoms with E-state index in [2.05, 4.69) is 25.5 Å². The topological polar surface area (TPSA) is 99.7 Å². The average molecular weight is 589 g/mol. The SMILES string of the molecule is CCO[PH](=O)Cc1ccc(Nc2ncc(C(F)(F)F)c(Nc3ccc(CN4CCCC4)c4c3C(=O)N(C)C4)n2)cc1. The van der Waals surface area contributed by atoms with Crippen LogP contribution in [0.5, 0.6) is 0 Å². The van der Waals surface area contributed by atoms with Crippen LogP contribution in [-0.2, 0) is 34.5 Å². The summed E-state index contributed by atoms with van der Waals surface area (Å²) in [5.74, 6) is -0.764. The Balaban J connectivity index is 1.42. The molecule has 0 radical (unpaired) electrons. The smallest absolute Gasteiger partial charge is 0.339 e. The van der Waals surface area contributed by atoms with Crippen LogP contribution in [0.4, 0.5) is 36.3 Å². The van der Waals surface area contributed by atoms with Gasteiger partial charge >= 0.3 is 6.18 Å². The van der Waals surface area contributed by atoms with Gasteiger partial charge in [-0.15, -0.1) is 0 Å². The number of nitrogens with zero attached hydrogens (tertiary/aromatic N) is 4. The minimum atomic E-state index is -4.72. The van der Waals surface area contributed by atoms with Gasteiger partial charge < -0.3 is 20.1 Å². The zero-order valence-corrected chi connectivity index (χ0v) is 23.8. The molecule has 218 valence electrons. The van der Waals surface area contributed by atoms with Gasteiger partial charge in [-0.3, -0.25) is 14.3 Å². The van der Waals surface area contributed by atoms with Crippen molar-refractivity contribution >= 4 is 37.1 Å². The maximum absolute atomic E-state index is 14.0. The number of hydrogen-bond acceptors (Lipinski definition) is 8. The van der Waals surface area contributed by atoms with Crippen LogP contribution < -0.4 is 10.6 Å². The van der Waals surface area contributed by atoms with E-state index in [-0.39, 0.29) is 17.5 Å². The number of benzene rings is 2. The first-order chi connectivity index (χ1) is 19.6. The van der Waals surface area contributed by atoms with Crippen molar-refractivity contribution in [2.75, 3.05) is 37.4 Å². The number of anilines is 4. The lowest BCUT2D eigenvalue weighted by molar-refractivity contribution is -0.137. The summed E-state index contributed by atoms with van der Waals surface area (Å²) < 4.78 is 58.9. The highest BCUT2D eigenvalue weighted by Gasteiger charge is 2.37. The molecule has 1 atom stereocenters. The Morgan fingerprint density at radius 2 is 1.80 bits per heavy atom. The zero-order chi connectivity index (χ0) is 29.1. The number of carbonyl (C=O) groups is 1. The number of nitrogens with one attached hydrogen (secondary N) is 2. The normalized spacial score (nSPS) is 16.2. The predicted octanol–water partition coefficient (Wildman–Crippen LogP) is 6.18. The molecule has 0 saturated carbocycles. The minimum Gasteiger partial charge on any atom is -0.339 e. The third kappa shape index (κ3) is 6.72. The second kappa shape index (κ2) is 12.2. The van der Waals surface area contributed by atoms with E-state index in [1.165, 1.54) is 0 Å². The molecule has 0 aliphatic carbocycles. The molecular weight excluding hydrogens is 556 g/mol. The molecule has 1 amide bonds. The Labute approximate surface area is 237 Å². The van der Waals surface area contributed by atoms with Gasteiger partial charge in [-0.2, -0.15) is 18.2 Å². The van der Waals surface area contributed by atoms with Gasteiger partial charge in [-0.1, -0.05) is 18.2 Å². The number of likely N-dealkylation sites (tertiary alicyclic amines) is 1. The molecular formula is C28H32F3N6O3P. The first-order valence-corrected chi connectivity index (χ1v) is 15.0. The van der Waals surface area contributed by atoms with Crippen LogP contribution in [0.2, 0.25) is 0 Å². The Morgan fingerprint density at radius 3 is 2.49 bits per heavy atom. The van der Waals surface area contributed by atoms with E-state index in [1.807, 2.05) is 6.07 Å². The number of hydrogen-bond donors (Lipinski definition) is 2. The third-order valence-corrected chi connectivity index (χ3v) is 8.48. The van der Waals surface area contributed by atoms with E-state index in [4.69, 9.17) is 4.52 Å². The molecule has 2 aromatic carbocycles. The lowest BCUT2D eigenvalue weighted by atomic mass is 10.0. The van der Waals surface area contributed by atoms with Crippen molar-refractivity contribution in [3.8, 4) is 0 Å². The minimum absolute atomic E-state index is 0.0538. The molecule has 1 unspecified atom stereocenters. The number of amides is 1. The first kappa shape index (κ1) is 29.0. The lowest BCUT2D eigenvalue weighted by Gasteiger charge is -2.19. The largest absolute Gasteiger partial charge is 0.421 e. The molecule has 1 aromatic heterocycles. The molecule has 2 aliphatic rings. The van der Waals surface area contributed by atoms with Gasteiger partial charge in [0.15, 0.2) is 8.03 Å². The summed E-state index contributed by atoms with van der Waals surface area (Å²) >= 11 is 0. The van der Waals surface area contributed by atoms with Gasteiger partial charge in [0.05, 0.1) is 17.9 Å². The lowest BCUT2D eigenvalue weighted by Crippen LogP contribution is -2.19. The fraction of sp³-hybridized carbons (Fsp3) is 0.393. The first-order valence-electron chi connectivity index (χ1n) is 13.5. The average Bonchev–Trinajstić information content (AvgIpc) is 3.54. The van der Waals surface area contributed by atoms with Crippen molar-refractivity contribution in [1.29, 1.82) is 0 Å². The Hall–Kier alpha value is -3.47. The maximum atomic E-state index is 14.0. The summed E-state index contributed by atoms with van der Waals surface area (Å²) in [5, 5.41) is 5.72. The van der Waals surface area contributed by atoms with Crippen LogP contribution in [0, 0.1) is 0 Å². The number of halogens is 3. The van der Waals surface area contributed by atoms with Gasteiger partial charge in [-0.05, 0) is 67.7 Å². The van der Waals surface area contributed by atoms with Crippen LogP contribution in [0.25, 0.3) is 0 Å². The molecule has 3 heterocycles. The second-order valence-corrected chi connectivity index (χ2v) is 11.5. The molecule has 2 aliphatic heterocycles. The predicted molar refractivity (Wildman–Crippen MR) is 151 cm³/mol. The highest BCUT2D eigenvalue weighted by Crippen LogP contribution is 2.38. The number of rotatable bonds is 10. The van der Waals surface area contributed by atoms with E-state index in [0.717, 1.165) is 48.8 Å². The van der Waals surface area contributed by atoms with Gasteiger partial charge in [0, 0.05) is 38.2 Å². The summed E-state index contributed by atoms with van der Waals surface area (Å²) in [5.41, 5.74) is 2.76. The molecule has 9 nitrogen and oxygen atoms in total. The van der Waals surface area contributed by atoms with E-state index in [0.29, 0.717) is 37.1 Å². The zero-order valence-electron chi connectivity index (χ0n) is 22.8. The van der Waals surface area contributed by atoms with Gasteiger partial charge in [0.1, 0.15) is 11.4 Å².